The molecule has 0 aliphatic heterocycles. The number of phosphoric acid groups is 1. The number of esters is 1. The van der Waals surface area contributed by atoms with Crippen LogP contribution >= 0.6 is 7.82 Å². The lowest BCUT2D eigenvalue weighted by Gasteiger charge is -2.28. The van der Waals surface area contributed by atoms with E-state index >= 15 is 0 Å². The van der Waals surface area contributed by atoms with Gasteiger partial charge in [0.2, 0.25) is 0 Å². The molecule has 0 amide bonds. The number of hydrogen-bond acceptors (Lipinski definition) is 7. The fourth-order valence-electron chi connectivity index (χ4n) is 7.77. The Morgan fingerprint density at radius 2 is 0.866 bits per heavy atom. The molecule has 2 atom stereocenters. The van der Waals surface area contributed by atoms with E-state index in [1.807, 2.05) is 21.1 Å². The van der Waals surface area contributed by atoms with Crippen molar-refractivity contribution in [2.75, 3.05) is 54.1 Å². The molecule has 0 fully saturated rings. The average Bonchev–Trinajstić information content (AvgIpc) is 3.29. The van der Waals surface area contributed by atoms with Gasteiger partial charge < -0.3 is 27.9 Å². The van der Waals surface area contributed by atoms with E-state index in [9.17, 15) is 14.3 Å². The van der Waals surface area contributed by atoms with Gasteiger partial charge in [-0.3, -0.25) is 9.36 Å². The molecule has 0 aliphatic carbocycles. The molecule has 67 heavy (non-hydrogen) atoms. The lowest BCUT2D eigenvalue weighted by molar-refractivity contribution is -0.870. The molecule has 392 valence electrons. The van der Waals surface area contributed by atoms with Gasteiger partial charge in [-0.1, -0.05) is 222 Å². The molecule has 0 aromatic carbocycles. The molecule has 8 nitrogen and oxygen atoms in total. The van der Waals surface area contributed by atoms with E-state index in [-0.39, 0.29) is 25.8 Å². The van der Waals surface area contributed by atoms with Gasteiger partial charge >= 0.3 is 5.97 Å². The molecule has 9 heteroatoms. The topological polar surface area (TPSA) is 94.1 Å². The highest BCUT2D eigenvalue weighted by molar-refractivity contribution is 7.45. The minimum atomic E-state index is -4.54. The Bertz CT molecular complexity index is 1260. The summed E-state index contributed by atoms with van der Waals surface area (Å²) in [7, 11) is 1.35. The number of likely N-dealkylation sites (N-methyl/N-ethyl adjacent to an activating group) is 1. The first-order valence-corrected chi connectivity index (χ1v) is 29.5. The van der Waals surface area contributed by atoms with E-state index in [4.69, 9.17) is 18.5 Å². The number of nitrogens with zero attached hydrogens (tertiary/aromatic N) is 1. The number of carbonyl (C=O) groups is 1. The molecule has 0 bridgehead atoms. The number of hydrogen-bond donors (Lipinski definition) is 0. The van der Waals surface area contributed by atoms with Gasteiger partial charge in [0.1, 0.15) is 19.3 Å². The molecule has 0 aromatic rings. The predicted molar refractivity (Wildman–Crippen MR) is 286 cm³/mol. The number of rotatable bonds is 52. The zero-order chi connectivity index (χ0) is 49.0. The lowest BCUT2D eigenvalue weighted by Crippen LogP contribution is -2.37. The molecular weight excluding hydrogens is 854 g/mol. The number of phosphoric ester groups is 1. The van der Waals surface area contributed by atoms with Crippen molar-refractivity contribution in [1.82, 2.24) is 0 Å². The fraction of sp³-hybridized carbons (Fsp3) is 0.810. The summed E-state index contributed by atoms with van der Waals surface area (Å²) < 4.78 is 34.8. The number of ether oxygens (including phenoxy) is 2. The van der Waals surface area contributed by atoms with Crippen LogP contribution in [0.15, 0.2) is 60.8 Å². The number of quaternary nitrogens is 1. The van der Waals surface area contributed by atoms with Gasteiger partial charge in [-0.05, 0) is 77.0 Å². The van der Waals surface area contributed by atoms with Crippen LogP contribution in [0.2, 0.25) is 0 Å². The Balaban J connectivity index is 4.10. The fourth-order valence-corrected chi connectivity index (χ4v) is 8.50. The van der Waals surface area contributed by atoms with Crippen LogP contribution in [0, 0.1) is 0 Å². The van der Waals surface area contributed by atoms with Crippen LogP contribution in [-0.2, 0) is 27.9 Å². The van der Waals surface area contributed by atoms with Crippen LogP contribution in [-0.4, -0.2) is 70.7 Å². The zero-order valence-electron chi connectivity index (χ0n) is 44.6. The Morgan fingerprint density at radius 3 is 1.31 bits per heavy atom. The molecule has 2 unspecified atom stereocenters. The molecule has 0 aliphatic rings. The predicted octanol–water partition coefficient (Wildman–Crippen LogP) is 17.0. The third kappa shape index (κ3) is 55.0. The van der Waals surface area contributed by atoms with Gasteiger partial charge in [-0.15, -0.1) is 0 Å². The maximum atomic E-state index is 12.8. The Kier molecular flexibility index (Phi) is 49.2. The Morgan fingerprint density at radius 1 is 0.478 bits per heavy atom. The molecule has 0 saturated heterocycles. The molecule has 0 spiro atoms. The second-order valence-electron chi connectivity index (χ2n) is 19.9. The summed E-state index contributed by atoms with van der Waals surface area (Å²) in [5, 5.41) is 0. The average molecular weight is 962 g/mol. The summed E-state index contributed by atoms with van der Waals surface area (Å²) >= 11 is 0. The summed E-state index contributed by atoms with van der Waals surface area (Å²) in [5.41, 5.74) is 0. The van der Waals surface area contributed by atoms with Crippen molar-refractivity contribution in [3.8, 4) is 0 Å². The van der Waals surface area contributed by atoms with Crippen LogP contribution in [0.1, 0.15) is 245 Å². The minimum Gasteiger partial charge on any atom is -0.756 e. The van der Waals surface area contributed by atoms with Crippen molar-refractivity contribution < 1.29 is 37.3 Å². The second kappa shape index (κ2) is 50.6. The largest absolute Gasteiger partial charge is 0.756 e. The number of unbranched alkanes of at least 4 members (excludes halogenated alkanes) is 28. The highest BCUT2D eigenvalue weighted by Gasteiger charge is 2.20. The molecular formula is C58H108NO7P. The lowest BCUT2D eigenvalue weighted by atomic mass is 10.0. The number of carbonyl (C=O) groups excluding carboxylic acids is 1. The van der Waals surface area contributed by atoms with Crippen LogP contribution in [0.5, 0.6) is 0 Å². The maximum Gasteiger partial charge on any atom is 0.306 e. The van der Waals surface area contributed by atoms with Crippen LogP contribution in [0.3, 0.4) is 0 Å². The molecule has 0 radical (unpaired) electrons. The third-order valence-electron chi connectivity index (χ3n) is 12.1. The Labute approximate surface area is 415 Å². The van der Waals surface area contributed by atoms with Gasteiger partial charge in [0, 0.05) is 13.0 Å². The van der Waals surface area contributed by atoms with E-state index in [1.165, 1.54) is 161 Å². The van der Waals surface area contributed by atoms with E-state index in [0.717, 1.165) is 64.2 Å². The first-order chi connectivity index (χ1) is 32.6. The molecule has 0 aromatic heterocycles. The summed E-state index contributed by atoms with van der Waals surface area (Å²) in [4.78, 5) is 25.2. The Hall–Kier alpha value is -1.80. The van der Waals surface area contributed by atoms with Crippen molar-refractivity contribution in [1.29, 1.82) is 0 Å². The van der Waals surface area contributed by atoms with E-state index in [2.05, 4.69) is 74.6 Å². The monoisotopic (exact) mass is 962 g/mol. The summed E-state index contributed by atoms with van der Waals surface area (Å²) in [6.45, 7) is 5.32. The highest BCUT2D eigenvalue weighted by atomic mass is 31.2. The first kappa shape index (κ1) is 65.2. The minimum absolute atomic E-state index is 0.0228. The third-order valence-corrected chi connectivity index (χ3v) is 13.0. The van der Waals surface area contributed by atoms with Gasteiger partial charge in [0.25, 0.3) is 7.82 Å². The standard InChI is InChI=1S/C58H108NO7P/c1-6-8-10-12-14-16-18-20-22-24-26-28-29-30-32-34-36-38-40-42-44-46-48-50-53-63-55-57(56-65-67(61,62)64-54-52-59(3,4)5)66-58(60)51-49-47-45-43-41-39-37-35-33-31-27-25-23-21-19-17-15-13-11-9-7-2/h9,11,15,17,21,23-24,26-27,31,57H,6-8,10,12-14,16,18-20,22,25,28-30,32-56H2,1-5H3/b11-9-,17-15-,23-21-,26-24-,31-27-. The quantitative estimate of drug-likeness (QED) is 0.0197. The first-order valence-electron chi connectivity index (χ1n) is 28.0. The molecule has 0 heterocycles. The molecule has 0 saturated carbocycles. The van der Waals surface area contributed by atoms with Crippen molar-refractivity contribution >= 4 is 13.8 Å². The van der Waals surface area contributed by atoms with E-state index in [0.29, 0.717) is 24.1 Å². The van der Waals surface area contributed by atoms with E-state index < -0.39 is 13.9 Å². The van der Waals surface area contributed by atoms with Crippen LogP contribution in [0.4, 0.5) is 0 Å². The van der Waals surface area contributed by atoms with Gasteiger partial charge in [-0.2, -0.15) is 0 Å². The normalized spacial score (nSPS) is 13.9. The smallest absolute Gasteiger partial charge is 0.306 e. The summed E-state index contributed by atoms with van der Waals surface area (Å²) in [5.74, 6) is -0.341. The van der Waals surface area contributed by atoms with Crippen LogP contribution < -0.4 is 4.89 Å². The van der Waals surface area contributed by atoms with Gasteiger partial charge in [0.05, 0.1) is 34.4 Å². The maximum absolute atomic E-state index is 12.8. The van der Waals surface area contributed by atoms with Crippen molar-refractivity contribution in [3.63, 3.8) is 0 Å². The molecule has 0 rings (SSSR count). The van der Waals surface area contributed by atoms with Gasteiger partial charge in [-0.25, -0.2) is 0 Å². The van der Waals surface area contributed by atoms with Crippen LogP contribution in [0.25, 0.3) is 0 Å². The van der Waals surface area contributed by atoms with Crippen molar-refractivity contribution in [3.05, 3.63) is 60.8 Å². The SMILES string of the molecule is CC/C=C\C/C=C\C/C=C\C/C=C\CCCCCCCCCCC(=O)OC(COCCCCCCCCCCCCCC/C=C\CCCCCCCCCC)COP(=O)([O-])OCC[N+](C)(C)C. The number of allylic oxidation sites excluding steroid dienone is 10. The van der Waals surface area contributed by atoms with E-state index in [1.54, 1.807) is 0 Å². The highest BCUT2D eigenvalue weighted by Crippen LogP contribution is 2.38. The zero-order valence-corrected chi connectivity index (χ0v) is 45.5. The van der Waals surface area contributed by atoms with Crippen molar-refractivity contribution in [2.24, 2.45) is 0 Å². The van der Waals surface area contributed by atoms with Crippen molar-refractivity contribution in [2.45, 2.75) is 251 Å². The van der Waals surface area contributed by atoms with Gasteiger partial charge in [0.15, 0.2) is 0 Å². The summed E-state index contributed by atoms with van der Waals surface area (Å²) in [6, 6.07) is 0. The molecule has 0 N–H and O–H groups in total. The summed E-state index contributed by atoms with van der Waals surface area (Å²) in [6.07, 6.45) is 65.4. The second-order valence-corrected chi connectivity index (χ2v) is 21.3.